The van der Waals surface area contributed by atoms with Gasteiger partial charge in [0.15, 0.2) is 18.9 Å². The van der Waals surface area contributed by atoms with E-state index < -0.39 is 166 Å². The van der Waals surface area contributed by atoms with Crippen molar-refractivity contribution in [3.05, 3.63) is 0 Å². The maximum Gasteiger partial charge on any atom is 0.471 e. The minimum absolute atomic E-state index is 0.00981. The molecule has 18 N–H and O–H groups in total. The van der Waals surface area contributed by atoms with Crippen LogP contribution in [0.3, 0.4) is 0 Å². The van der Waals surface area contributed by atoms with Crippen LogP contribution in [0.1, 0.15) is 52.9 Å². The Hall–Kier alpha value is -5.21. The maximum absolute atomic E-state index is 13.9. The van der Waals surface area contributed by atoms with E-state index in [2.05, 4.69) is 51.6 Å². The standard InChI is InChI=1S/C68H125N8O39P/c1-45(80)73-56-62(91)59(88)48(39-77)113-65(56)109-35-31-100-20-11-70-52(84)6-16-106-42-68(43-107-17-7-53(85)71-12-21-101-32-36-110-66-57(74-46(2)81)63(92)60(89)49(40-78)114-66,44-108-18-8-54(86)72-13-22-102-33-37-111-67-58(75-47(3)82)64(93)61(90)50(41-79)115-67)76-55(87)9-15-98-23-25-99-19-10-69-51(83)5-14-97-24-26-103-27-28-104-29-30-105-34-38-112-116(94,95)96-4/h48-50,56-67,77-79,88-93H,5-44H2,1-4H3,(H,69,83)(H,70,84)(H,71,85)(H,72,86)(H,73,80)(H,74,81)(H,75,82)(H,76,87)(H,94,95)/t48-,49-,50-,56-,57-,58-,59+,60+,61+,62-,63-,64-,65-,66-,67-/m1/s1. The molecular weight excluding hydrogens is 1580 g/mol. The van der Waals surface area contributed by atoms with Gasteiger partial charge >= 0.3 is 7.82 Å². The smallest absolute Gasteiger partial charge is 0.394 e. The summed E-state index contributed by atoms with van der Waals surface area (Å²) in [6.07, 6.45) is -17.1. The third-order valence-corrected chi connectivity index (χ3v) is 17.6. The molecule has 3 heterocycles. The Bertz CT molecular complexity index is 2550. The van der Waals surface area contributed by atoms with Gasteiger partial charge in [-0.25, -0.2) is 4.57 Å². The van der Waals surface area contributed by atoms with E-state index in [1.165, 1.54) is 20.8 Å². The molecule has 0 radical (unpaired) electrons. The van der Waals surface area contributed by atoms with E-state index in [0.717, 1.165) is 7.11 Å². The number of nitrogens with one attached hydrogen (secondary N) is 8. The van der Waals surface area contributed by atoms with Crippen molar-refractivity contribution in [1.82, 2.24) is 42.5 Å². The zero-order valence-corrected chi connectivity index (χ0v) is 67.1. The molecule has 3 aliphatic rings. The molecule has 3 aliphatic heterocycles. The van der Waals surface area contributed by atoms with Crippen molar-refractivity contribution in [3.8, 4) is 0 Å². The normalized spacial score (nSPS) is 24.0. The second-order valence-electron chi connectivity index (χ2n) is 26.0. The first-order valence-corrected chi connectivity index (χ1v) is 39.6. The number of carbonyl (C=O) groups is 8. The first-order valence-electron chi connectivity index (χ1n) is 38.1. The van der Waals surface area contributed by atoms with Gasteiger partial charge in [-0.1, -0.05) is 0 Å². The molecule has 676 valence electrons. The summed E-state index contributed by atoms with van der Waals surface area (Å²) in [6, 6.07) is -3.48. The Morgan fingerprint density at radius 1 is 0.336 bits per heavy atom. The number of aliphatic hydroxyl groups is 9. The average Bonchev–Trinajstić information content (AvgIpc) is 0.813. The summed E-state index contributed by atoms with van der Waals surface area (Å²) < 4.78 is 121. The molecule has 0 aromatic heterocycles. The Kier molecular flexibility index (Phi) is 56.9. The third-order valence-electron chi connectivity index (χ3n) is 16.7. The molecule has 3 fully saturated rings. The SMILES string of the molecule is COP(=O)(O)OCCOCCOCCOCCOCCC(=O)NCCOCCOCCC(=O)NC(COCCC(=O)NCCOCCO[C@@H]1O[C@H](CO)[C@H](O)[C@H](O)[C@H]1NC(C)=O)(COCCC(=O)NCCOCCO[C@@H]1O[C@H](CO)[C@H](O)[C@H](O)[C@H]1NC(C)=O)COCCC(=O)NCCOCCO[C@@H]1O[C@H](CO)[C@H](O)[C@H](O)[C@H]1NC(C)=O. The van der Waals surface area contributed by atoms with Gasteiger partial charge in [-0.05, 0) is 0 Å². The lowest BCUT2D eigenvalue weighted by Crippen LogP contribution is -2.64. The van der Waals surface area contributed by atoms with E-state index in [9.17, 15) is 93.8 Å². The lowest BCUT2D eigenvalue weighted by molar-refractivity contribution is -0.272. The number of hydrogen-bond donors (Lipinski definition) is 18. The summed E-state index contributed by atoms with van der Waals surface area (Å²) >= 11 is 0. The molecule has 47 nitrogen and oxygen atoms in total. The quantitative estimate of drug-likeness (QED) is 0.0199. The number of aliphatic hydroxyl groups excluding tert-OH is 9. The monoisotopic (exact) mass is 1710 g/mol. The second kappa shape index (κ2) is 62.8. The highest BCUT2D eigenvalue weighted by Gasteiger charge is 2.48. The van der Waals surface area contributed by atoms with E-state index in [-0.39, 0.29) is 236 Å². The van der Waals surface area contributed by atoms with E-state index in [1.807, 2.05) is 0 Å². The number of ether oxygens (including phenoxy) is 18. The van der Waals surface area contributed by atoms with E-state index in [1.54, 1.807) is 0 Å². The summed E-state index contributed by atoms with van der Waals surface area (Å²) in [7, 11) is -2.99. The van der Waals surface area contributed by atoms with Gasteiger partial charge in [-0.3, -0.25) is 47.4 Å². The Labute approximate surface area is 672 Å². The second-order valence-corrected chi connectivity index (χ2v) is 27.6. The van der Waals surface area contributed by atoms with Crippen LogP contribution in [0.4, 0.5) is 0 Å². The van der Waals surface area contributed by atoms with Crippen LogP contribution in [0.15, 0.2) is 0 Å². The van der Waals surface area contributed by atoms with Crippen molar-refractivity contribution >= 4 is 55.1 Å². The lowest BCUT2D eigenvalue weighted by atomic mass is 9.97. The fraction of sp³-hybridized carbons (Fsp3) is 0.882. The van der Waals surface area contributed by atoms with Crippen LogP contribution >= 0.6 is 7.82 Å². The molecule has 1 unspecified atom stereocenters. The van der Waals surface area contributed by atoms with E-state index in [0.29, 0.717) is 13.2 Å². The zero-order valence-electron chi connectivity index (χ0n) is 66.2. The topological polar surface area (TPSA) is 637 Å². The summed E-state index contributed by atoms with van der Waals surface area (Å²) in [6.45, 7) is 1.78. The van der Waals surface area contributed by atoms with Crippen LogP contribution in [0.5, 0.6) is 0 Å². The number of amides is 8. The Morgan fingerprint density at radius 3 is 0.845 bits per heavy atom. The van der Waals surface area contributed by atoms with Crippen molar-refractivity contribution in [1.29, 1.82) is 0 Å². The largest absolute Gasteiger partial charge is 0.471 e. The highest BCUT2D eigenvalue weighted by molar-refractivity contribution is 7.47. The predicted octanol–water partition coefficient (Wildman–Crippen LogP) is -9.90. The molecule has 8 amide bonds. The molecule has 0 saturated carbocycles. The molecule has 0 aromatic rings. The van der Waals surface area contributed by atoms with Crippen molar-refractivity contribution in [3.63, 3.8) is 0 Å². The summed E-state index contributed by atoms with van der Waals surface area (Å²) in [5.41, 5.74) is -1.56. The molecule has 0 aromatic carbocycles. The first kappa shape index (κ1) is 105. The van der Waals surface area contributed by atoms with Crippen LogP contribution in [0, 0.1) is 0 Å². The fourth-order valence-corrected chi connectivity index (χ4v) is 11.2. The minimum atomic E-state index is -4.05. The summed E-state index contributed by atoms with van der Waals surface area (Å²) in [5.74, 6) is -3.84. The molecular formula is C68H125N8O39P. The fourth-order valence-electron chi connectivity index (χ4n) is 10.8. The zero-order chi connectivity index (χ0) is 85.4. The number of carbonyl (C=O) groups excluding carboxylic acids is 8. The van der Waals surface area contributed by atoms with Crippen LogP contribution < -0.4 is 42.5 Å². The van der Waals surface area contributed by atoms with Gasteiger partial charge in [-0.2, -0.15) is 0 Å². The molecule has 0 spiro atoms. The summed E-state index contributed by atoms with van der Waals surface area (Å²) in [5, 5.41) is 112. The lowest BCUT2D eigenvalue weighted by Gasteiger charge is -2.42. The highest BCUT2D eigenvalue weighted by atomic mass is 31.2. The molecule has 3 saturated heterocycles. The van der Waals surface area contributed by atoms with Gasteiger partial charge in [-0.15, -0.1) is 0 Å². The van der Waals surface area contributed by atoms with Gasteiger partial charge < -0.3 is 179 Å². The van der Waals surface area contributed by atoms with Crippen molar-refractivity contribution < 1.29 is 188 Å². The van der Waals surface area contributed by atoms with Crippen LogP contribution in [-0.4, -0.2) is 434 Å². The maximum atomic E-state index is 13.9. The third kappa shape index (κ3) is 46.0. The van der Waals surface area contributed by atoms with E-state index in [4.69, 9.17) is 85.3 Å². The van der Waals surface area contributed by atoms with Crippen LogP contribution in [0.2, 0.25) is 0 Å². The summed E-state index contributed by atoms with van der Waals surface area (Å²) in [4.78, 5) is 110. The minimum Gasteiger partial charge on any atom is -0.394 e. The highest BCUT2D eigenvalue weighted by Crippen LogP contribution is 2.41. The Balaban J connectivity index is 1.57. The van der Waals surface area contributed by atoms with Gasteiger partial charge in [0, 0.05) is 86.2 Å². The molecule has 48 heteroatoms. The van der Waals surface area contributed by atoms with Crippen molar-refractivity contribution in [2.24, 2.45) is 0 Å². The molecule has 0 bridgehead atoms. The van der Waals surface area contributed by atoms with Gasteiger partial charge in [0.1, 0.15) is 78.6 Å². The van der Waals surface area contributed by atoms with Gasteiger partial charge in [0.05, 0.1) is 205 Å². The molecule has 16 atom stereocenters. The predicted molar refractivity (Wildman–Crippen MR) is 393 cm³/mol. The van der Waals surface area contributed by atoms with Gasteiger partial charge in [0.2, 0.25) is 47.3 Å². The number of hydrogen-bond acceptors (Lipinski definition) is 38. The molecule has 116 heavy (non-hydrogen) atoms. The number of rotatable bonds is 69. The molecule has 0 aliphatic carbocycles. The van der Waals surface area contributed by atoms with Crippen molar-refractivity contribution in [2.45, 2.75) is 150 Å². The van der Waals surface area contributed by atoms with Crippen LogP contribution in [0.25, 0.3) is 0 Å². The average molecular weight is 1710 g/mol. The van der Waals surface area contributed by atoms with Gasteiger partial charge in [0.25, 0.3) is 0 Å². The van der Waals surface area contributed by atoms with Crippen molar-refractivity contribution in [2.75, 3.05) is 238 Å². The first-order chi connectivity index (χ1) is 55.7. The Morgan fingerprint density at radius 2 is 0.578 bits per heavy atom. The van der Waals surface area contributed by atoms with Crippen LogP contribution in [-0.2, 0) is 137 Å². The number of phosphoric acid groups is 1. The molecule has 3 rings (SSSR count). The van der Waals surface area contributed by atoms with E-state index >= 15 is 0 Å². The number of phosphoric ester groups is 1.